The first-order valence-electron chi connectivity index (χ1n) is 9.03. The van der Waals surface area contributed by atoms with E-state index in [1.807, 2.05) is 0 Å². The average molecular weight is 405 g/mol. The second kappa shape index (κ2) is 9.67. The Morgan fingerprint density at radius 3 is 2.62 bits per heavy atom. The second-order valence-corrected chi connectivity index (χ2v) is 9.00. The molecule has 1 heterocycles. The number of rotatable bonds is 8. The van der Waals surface area contributed by atoms with Gasteiger partial charge in [-0.1, -0.05) is 37.4 Å². The molecule has 0 unspecified atom stereocenters. The lowest BCUT2D eigenvalue weighted by Gasteiger charge is -2.30. The van der Waals surface area contributed by atoms with E-state index in [-0.39, 0.29) is 35.5 Å². The molecule has 2 rings (SSSR count). The van der Waals surface area contributed by atoms with E-state index in [4.69, 9.17) is 11.6 Å². The number of carbonyl (C=O) groups is 1. The highest BCUT2D eigenvalue weighted by Crippen LogP contribution is 2.26. The molecule has 1 aliphatic rings. The summed E-state index contributed by atoms with van der Waals surface area (Å²) < 4.78 is 40.4. The molecule has 0 bridgehead atoms. The number of piperidine rings is 1. The van der Waals surface area contributed by atoms with Crippen LogP contribution in [0.25, 0.3) is 0 Å². The van der Waals surface area contributed by atoms with Crippen LogP contribution < -0.4 is 5.32 Å². The predicted octanol–water partition coefficient (Wildman–Crippen LogP) is 3.33. The van der Waals surface area contributed by atoms with Crippen LogP contribution in [0.15, 0.2) is 18.2 Å². The maximum Gasteiger partial charge on any atom is 0.223 e. The average Bonchev–Trinajstić information content (AvgIpc) is 2.62. The Morgan fingerprint density at radius 2 is 2.00 bits per heavy atom. The van der Waals surface area contributed by atoms with Crippen LogP contribution in [0.4, 0.5) is 4.39 Å². The first kappa shape index (κ1) is 21.1. The minimum absolute atomic E-state index is 0.00435. The van der Waals surface area contributed by atoms with Crippen molar-refractivity contribution in [1.29, 1.82) is 0 Å². The first-order chi connectivity index (χ1) is 12.3. The van der Waals surface area contributed by atoms with Crippen LogP contribution in [0.3, 0.4) is 0 Å². The quantitative estimate of drug-likeness (QED) is 0.676. The molecule has 1 aromatic rings. The lowest BCUT2D eigenvalue weighted by molar-refractivity contribution is -0.126. The molecular weight excluding hydrogens is 379 g/mol. The van der Waals surface area contributed by atoms with Gasteiger partial charge in [0.15, 0.2) is 0 Å². The van der Waals surface area contributed by atoms with Gasteiger partial charge in [0.1, 0.15) is 5.82 Å². The van der Waals surface area contributed by atoms with Crippen LogP contribution >= 0.6 is 11.6 Å². The lowest BCUT2D eigenvalue weighted by Crippen LogP contribution is -2.43. The number of halogens is 2. The minimum atomic E-state index is -3.68. The van der Waals surface area contributed by atoms with Gasteiger partial charge in [0.2, 0.25) is 15.9 Å². The number of amides is 1. The van der Waals surface area contributed by atoms with E-state index in [2.05, 4.69) is 12.2 Å². The molecule has 1 N–H and O–H groups in total. The Morgan fingerprint density at radius 1 is 1.31 bits per heavy atom. The van der Waals surface area contributed by atoms with Gasteiger partial charge in [-0.25, -0.2) is 17.1 Å². The Labute approximate surface area is 160 Å². The number of nitrogens with zero attached hydrogens (tertiary/aromatic N) is 1. The van der Waals surface area contributed by atoms with Crippen molar-refractivity contribution in [2.75, 3.05) is 19.6 Å². The van der Waals surface area contributed by atoms with Crippen molar-refractivity contribution in [2.45, 2.75) is 44.8 Å². The molecule has 146 valence electrons. The highest BCUT2D eigenvalue weighted by Gasteiger charge is 2.32. The molecule has 26 heavy (non-hydrogen) atoms. The highest BCUT2D eigenvalue weighted by atomic mass is 35.5. The molecule has 1 fully saturated rings. The summed E-state index contributed by atoms with van der Waals surface area (Å²) in [6.45, 7) is 3.30. The highest BCUT2D eigenvalue weighted by molar-refractivity contribution is 7.88. The van der Waals surface area contributed by atoms with Crippen LogP contribution in [-0.4, -0.2) is 38.3 Å². The zero-order valence-electron chi connectivity index (χ0n) is 15.0. The van der Waals surface area contributed by atoms with Gasteiger partial charge < -0.3 is 5.32 Å². The SMILES string of the molecule is CCCCCNC(=O)C1CCN(S(=O)(=O)Cc2c(F)cccc2Cl)CC1. The van der Waals surface area contributed by atoms with E-state index in [0.717, 1.165) is 19.3 Å². The molecule has 0 aromatic heterocycles. The normalized spacial score (nSPS) is 16.6. The molecule has 0 aliphatic carbocycles. The summed E-state index contributed by atoms with van der Waals surface area (Å²) in [6.07, 6.45) is 4.08. The summed E-state index contributed by atoms with van der Waals surface area (Å²) in [5, 5.41) is 3.03. The van der Waals surface area contributed by atoms with Crippen molar-refractivity contribution in [2.24, 2.45) is 5.92 Å². The Bertz CT molecular complexity index is 699. The van der Waals surface area contributed by atoms with Gasteiger partial charge in [-0.15, -0.1) is 0 Å². The van der Waals surface area contributed by atoms with Crippen molar-refractivity contribution >= 4 is 27.5 Å². The van der Waals surface area contributed by atoms with E-state index in [0.29, 0.717) is 19.4 Å². The van der Waals surface area contributed by atoms with E-state index in [1.54, 1.807) is 0 Å². The Kier molecular flexibility index (Phi) is 7.85. The molecular formula is C18H26ClFN2O3S. The molecule has 0 radical (unpaired) electrons. The van der Waals surface area contributed by atoms with Gasteiger partial charge in [-0.2, -0.15) is 0 Å². The Hall–Kier alpha value is -1.18. The van der Waals surface area contributed by atoms with Crippen LogP contribution in [0.1, 0.15) is 44.6 Å². The molecule has 0 saturated carbocycles. The monoisotopic (exact) mass is 404 g/mol. The maximum absolute atomic E-state index is 13.9. The van der Waals surface area contributed by atoms with Gasteiger partial charge in [-0.05, 0) is 31.4 Å². The van der Waals surface area contributed by atoms with E-state index in [1.165, 1.54) is 22.5 Å². The maximum atomic E-state index is 13.9. The van der Waals surface area contributed by atoms with Gasteiger partial charge >= 0.3 is 0 Å². The molecule has 1 saturated heterocycles. The van der Waals surface area contributed by atoms with Gasteiger partial charge in [-0.3, -0.25) is 4.79 Å². The van der Waals surface area contributed by atoms with E-state index >= 15 is 0 Å². The van der Waals surface area contributed by atoms with Crippen LogP contribution in [0, 0.1) is 11.7 Å². The fourth-order valence-electron chi connectivity index (χ4n) is 3.07. The molecule has 5 nitrogen and oxygen atoms in total. The number of unbranched alkanes of at least 4 members (excludes halogenated alkanes) is 2. The molecule has 1 aliphatic heterocycles. The van der Waals surface area contributed by atoms with E-state index < -0.39 is 21.6 Å². The van der Waals surface area contributed by atoms with Crippen LogP contribution in [0.2, 0.25) is 5.02 Å². The fourth-order valence-corrected chi connectivity index (χ4v) is 4.99. The smallest absolute Gasteiger partial charge is 0.223 e. The van der Waals surface area contributed by atoms with Crippen LogP contribution in [0.5, 0.6) is 0 Å². The van der Waals surface area contributed by atoms with Gasteiger partial charge in [0, 0.05) is 36.1 Å². The number of hydrogen-bond acceptors (Lipinski definition) is 3. The summed E-state index contributed by atoms with van der Waals surface area (Å²) in [6, 6.07) is 4.12. The first-order valence-corrected chi connectivity index (χ1v) is 11.0. The standard InChI is InChI=1S/C18H26ClFN2O3S/c1-2-3-4-10-21-18(23)14-8-11-22(12-9-14)26(24,25)13-15-16(19)6-5-7-17(15)20/h5-7,14H,2-4,8-13H2,1H3,(H,21,23). The summed E-state index contributed by atoms with van der Waals surface area (Å²) in [4.78, 5) is 12.2. The number of benzene rings is 1. The van der Waals surface area contributed by atoms with Gasteiger partial charge in [0.05, 0.1) is 5.75 Å². The van der Waals surface area contributed by atoms with Crippen molar-refractivity contribution in [3.63, 3.8) is 0 Å². The predicted molar refractivity (Wildman–Crippen MR) is 101 cm³/mol. The number of hydrogen-bond donors (Lipinski definition) is 1. The van der Waals surface area contributed by atoms with Crippen molar-refractivity contribution in [3.8, 4) is 0 Å². The summed E-state index contributed by atoms with van der Waals surface area (Å²) in [5.41, 5.74) is -0.00930. The summed E-state index contributed by atoms with van der Waals surface area (Å²) in [5.74, 6) is -1.26. The largest absolute Gasteiger partial charge is 0.356 e. The van der Waals surface area contributed by atoms with Crippen molar-refractivity contribution in [1.82, 2.24) is 9.62 Å². The summed E-state index contributed by atoms with van der Waals surface area (Å²) in [7, 11) is -3.68. The Balaban J connectivity index is 1.89. The second-order valence-electron chi connectivity index (χ2n) is 6.63. The summed E-state index contributed by atoms with van der Waals surface area (Å²) >= 11 is 5.93. The van der Waals surface area contributed by atoms with Crippen LogP contribution in [-0.2, 0) is 20.6 Å². The number of sulfonamides is 1. The van der Waals surface area contributed by atoms with E-state index in [9.17, 15) is 17.6 Å². The number of nitrogens with one attached hydrogen (secondary N) is 1. The van der Waals surface area contributed by atoms with Crippen molar-refractivity contribution in [3.05, 3.63) is 34.6 Å². The van der Waals surface area contributed by atoms with Crippen molar-refractivity contribution < 1.29 is 17.6 Å². The molecule has 8 heteroatoms. The number of carbonyl (C=O) groups excluding carboxylic acids is 1. The molecule has 1 amide bonds. The fraction of sp³-hybridized carbons (Fsp3) is 0.611. The molecule has 1 aromatic carbocycles. The zero-order valence-corrected chi connectivity index (χ0v) is 16.6. The zero-order chi connectivity index (χ0) is 19.2. The lowest BCUT2D eigenvalue weighted by atomic mass is 9.97. The minimum Gasteiger partial charge on any atom is -0.356 e. The third-order valence-corrected chi connectivity index (χ3v) is 6.85. The third kappa shape index (κ3) is 5.66. The molecule has 0 spiro atoms. The third-order valence-electron chi connectivity index (χ3n) is 4.69. The topological polar surface area (TPSA) is 66.5 Å². The van der Waals surface area contributed by atoms with Gasteiger partial charge in [0.25, 0.3) is 0 Å². The molecule has 0 atom stereocenters.